The fourth-order valence-corrected chi connectivity index (χ4v) is 2.31. The standard InChI is InChI=1S/C20H18F3N3O5/c21-20(22,23)14-8-4-5-9-15(14)24-17(28)12-31-18(29)11-10-16(27)25-26-19(30)13-6-2-1-3-7-13/h1-9H,10-12H2,(H,24,28)(H,25,27)(H,26,30). The number of esters is 1. The smallest absolute Gasteiger partial charge is 0.418 e. The molecule has 0 saturated heterocycles. The number of hydrazine groups is 1. The Labute approximate surface area is 174 Å². The molecule has 0 heterocycles. The van der Waals surface area contributed by atoms with Gasteiger partial charge < -0.3 is 10.1 Å². The number of alkyl halides is 3. The zero-order valence-electron chi connectivity index (χ0n) is 16.0. The largest absolute Gasteiger partial charge is 0.456 e. The van der Waals surface area contributed by atoms with Crippen LogP contribution in [0.15, 0.2) is 54.6 Å². The normalized spacial score (nSPS) is 10.7. The van der Waals surface area contributed by atoms with Crippen molar-refractivity contribution < 1.29 is 37.1 Å². The summed E-state index contributed by atoms with van der Waals surface area (Å²) in [5.41, 5.74) is 3.11. The Morgan fingerprint density at radius 1 is 0.806 bits per heavy atom. The number of carbonyl (C=O) groups excluding carboxylic acids is 4. The second-order valence-corrected chi connectivity index (χ2v) is 6.12. The lowest BCUT2D eigenvalue weighted by atomic mass is 10.1. The summed E-state index contributed by atoms with van der Waals surface area (Å²) in [6, 6.07) is 12.4. The van der Waals surface area contributed by atoms with Crippen LogP contribution in [0.25, 0.3) is 0 Å². The third kappa shape index (κ3) is 7.80. The lowest BCUT2D eigenvalue weighted by Gasteiger charge is -2.13. The van der Waals surface area contributed by atoms with Crippen molar-refractivity contribution in [2.24, 2.45) is 0 Å². The monoisotopic (exact) mass is 437 g/mol. The summed E-state index contributed by atoms with van der Waals surface area (Å²) in [6.45, 7) is -0.822. The highest BCUT2D eigenvalue weighted by molar-refractivity contribution is 5.96. The van der Waals surface area contributed by atoms with Crippen molar-refractivity contribution in [3.05, 3.63) is 65.7 Å². The van der Waals surface area contributed by atoms with Crippen LogP contribution in [0.2, 0.25) is 0 Å². The molecule has 0 aliphatic heterocycles. The molecule has 3 amide bonds. The zero-order valence-corrected chi connectivity index (χ0v) is 16.0. The van der Waals surface area contributed by atoms with Crippen molar-refractivity contribution in [3.8, 4) is 0 Å². The molecule has 3 N–H and O–H groups in total. The number of halogens is 3. The van der Waals surface area contributed by atoms with E-state index >= 15 is 0 Å². The summed E-state index contributed by atoms with van der Waals surface area (Å²) < 4.78 is 43.3. The Morgan fingerprint density at radius 3 is 2.13 bits per heavy atom. The minimum atomic E-state index is -4.66. The molecule has 0 spiro atoms. The molecule has 2 aromatic rings. The SMILES string of the molecule is O=C(CCC(=O)OCC(=O)Nc1ccccc1C(F)(F)F)NNC(=O)c1ccccc1. The quantitative estimate of drug-likeness (QED) is 0.455. The van der Waals surface area contributed by atoms with Gasteiger partial charge >= 0.3 is 12.1 Å². The van der Waals surface area contributed by atoms with Crippen LogP contribution in [0.4, 0.5) is 18.9 Å². The highest BCUT2D eigenvalue weighted by Gasteiger charge is 2.33. The van der Waals surface area contributed by atoms with E-state index in [-0.39, 0.29) is 6.42 Å². The van der Waals surface area contributed by atoms with Crippen LogP contribution in [0.5, 0.6) is 0 Å². The maximum Gasteiger partial charge on any atom is 0.418 e. The molecule has 11 heteroatoms. The molecule has 0 atom stereocenters. The molecule has 0 fully saturated rings. The van der Waals surface area contributed by atoms with Gasteiger partial charge in [0, 0.05) is 12.0 Å². The summed E-state index contributed by atoms with van der Waals surface area (Å²) in [7, 11) is 0. The summed E-state index contributed by atoms with van der Waals surface area (Å²) in [5.74, 6) is -3.11. The fraction of sp³-hybridized carbons (Fsp3) is 0.200. The lowest BCUT2D eigenvalue weighted by Crippen LogP contribution is -2.41. The lowest BCUT2D eigenvalue weighted by molar-refractivity contribution is -0.148. The molecule has 0 aromatic heterocycles. The third-order valence-electron chi connectivity index (χ3n) is 3.78. The van der Waals surface area contributed by atoms with Crippen LogP contribution >= 0.6 is 0 Å². The van der Waals surface area contributed by atoms with Crippen LogP contribution in [-0.2, 0) is 25.3 Å². The van der Waals surface area contributed by atoms with E-state index in [1.54, 1.807) is 18.2 Å². The Balaban J connectivity index is 1.70. The number of nitrogens with one attached hydrogen (secondary N) is 3. The molecule has 0 radical (unpaired) electrons. The van der Waals surface area contributed by atoms with Gasteiger partial charge in [0.15, 0.2) is 6.61 Å². The molecular weight excluding hydrogens is 419 g/mol. The van der Waals surface area contributed by atoms with E-state index in [4.69, 9.17) is 0 Å². The van der Waals surface area contributed by atoms with Crippen molar-refractivity contribution in [2.75, 3.05) is 11.9 Å². The molecule has 0 aliphatic rings. The first kappa shape index (κ1) is 23.4. The van der Waals surface area contributed by atoms with Gasteiger partial charge in [-0.25, -0.2) is 0 Å². The van der Waals surface area contributed by atoms with Gasteiger partial charge in [-0.15, -0.1) is 0 Å². The number of benzene rings is 2. The van der Waals surface area contributed by atoms with Gasteiger partial charge in [-0.2, -0.15) is 13.2 Å². The van der Waals surface area contributed by atoms with Gasteiger partial charge in [-0.05, 0) is 24.3 Å². The Bertz CT molecular complexity index is 949. The van der Waals surface area contributed by atoms with Gasteiger partial charge in [0.1, 0.15) is 0 Å². The van der Waals surface area contributed by atoms with Crippen LogP contribution < -0.4 is 16.2 Å². The van der Waals surface area contributed by atoms with Crippen LogP contribution in [-0.4, -0.2) is 30.3 Å². The van der Waals surface area contributed by atoms with Crippen molar-refractivity contribution in [3.63, 3.8) is 0 Å². The maximum absolute atomic E-state index is 12.9. The summed E-state index contributed by atoms with van der Waals surface area (Å²) in [6.07, 6.45) is -5.41. The Morgan fingerprint density at radius 2 is 1.45 bits per heavy atom. The van der Waals surface area contributed by atoms with Crippen molar-refractivity contribution in [2.45, 2.75) is 19.0 Å². The molecule has 2 aromatic carbocycles. The van der Waals surface area contributed by atoms with E-state index in [1.807, 2.05) is 5.32 Å². The van der Waals surface area contributed by atoms with Gasteiger partial charge in [-0.1, -0.05) is 30.3 Å². The predicted octanol–water partition coefficient (Wildman–Crippen LogP) is 2.43. The highest BCUT2D eigenvalue weighted by atomic mass is 19.4. The number of hydrogen-bond acceptors (Lipinski definition) is 5. The minimum absolute atomic E-state index is 0.320. The van der Waals surface area contributed by atoms with Gasteiger partial charge in [0.25, 0.3) is 11.8 Å². The summed E-state index contributed by atoms with van der Waals surface area (Å²) >= 11 is 0. The third-order valence-corrected chi connectivity index (χ3v) is 3.78. The molecule has 2 rings (SSSR count). The number of hydrogen-bond donors (Lipinski definition) is 3. The van der Waals surface area contributed by atoms with Gasteiger partial charge in [0.05, 0.1) is 17.7 Å². The Hall–Kier alpha value is -3.89. The number of amides is 3. The van der Waals surface area contributed by atoms with Crippen molar-refractivity contribution in [1.82, 2.24) is 10.9 Å². The first-order valence-corrected chi connectivity index (χ1v) is 8.92. The number of para-hydroxylation sites is 1. The second kappa shape index (κ2) is 10.8. The van der Waals surface area contributed by atoms with Crippen LogP contribution in [0, 0.1) is 0 Å². The first-order chi connectivity index (χ1) is 14.7. The van der Waals surface area contributed by atoms with Crippen LogP contribution in [0.1, 0.15) is 28.8 Å². The number of anilines is 1. The Kier molecular flexibility index (Phi) is 8.12. The minimum Gasteiger partial charge on any atom is -0.456 e. The number of ether oxygens (including phenoxy) is 1. The van der Waals surface area contributed by atoms with E-state index in [2.05, 4.69) is 15.6 Å². The van der Waals surface area contributed by atoms with Gasteiger partial charge in [0.2, 0.25) is 5.91 Å². The fourth-order valence-electron chi connectivity index (χ4n) is 2.31. The predicted molar refractivity (Wildman–Crippen MR) is 102 cm³/mol. The molecule has 0 unspecified atom stereocenters. The zero-order chi connectivity index (χ0) is 22.9. The first-order valence-electron chi connectivity index (χ1n) is 8.92. The van der Waals surface area contributed by atoms with E-state index in [0.29, 0.717) is 5.56 Å². The summed E-state index contributed by atoms with van der Waals surface area (Å²) in [5, 5.41) is 2.02. The van der Waals surface area contributed by atoms with E-state index in [1.165, 1.54) is 24.3 Å². The van der Waals surface area contributed by atoms with E-state index in [9.17, 15) is 32.3 Å². The number of carbonyl (C=O) groups is 4. The maximum atomic E-state index is 12.9. The van der Waals surface area contributed by atoms with Gasteiger partial charge in [-0.3, -0.25) is 30.0 Å². The molecule has 0 saturated carbocycles. The molecule has 31 heavy (non-hydrogen) atoms. The topological polar surface area (TPSA) is 114 Å². The second-order valence-electron chi connectivity index (χ2n) is 6.12. The molecule has 0 aliphatic carbocycles. The summed E-state index contributed by atoms with van der Waals surface area (Å²) in [4.78, 5) is 46.8. The van der Waals surface area contributed by atoms with E-state index < -0.39 is 54.1 Å². The molecule has 164 valence electrons. The average molecular weight is 437 g/mol. The molecule has 8 nitrogen and oxygen atoms in total. The van der Waals surface area contributed by atoms with Crippen molar-refractivity contribution in [1.29, 1.82) is 0 Å². The number of rotatable bonds is 7. The van der Waals surface area contributed by atoms with Crippen LogP contribution in [0.3, 0.4) is 0 Å². The molecule has 0 bridgehead atoms. The molecular formula is C20H18F3N3O5. The van der Waals surface area contributed by atoms with Crippen molar-refractivity contribution >= 4 is 29.4 Å². The highest BCUT2D eigenvalue weighted by Crippen LogP contribution is 2.34. The average Bonchev–Trinajstić information content (AvgIpc) is 2.74. The van der Waals surface area contributed by atoms with E-state index in [0.717, 1.165) is 12.1 Å².